The fourth-order valence-corrected chi connectivity index (χ4v) is 2.25. The van der Waals surface area contributed by atoms with Crippen molar-refractivity contribution in [1.29, 1.82) is 0 Å². The maximum Gasteiger partial charge on any atom is 0.492 e. The fraction of sp³-hybridized carbons (Fsp3) is 0.471. The highest BCUT2D eigenvalue weighted by Crippen LogP contribution is 2.38. The zero-order valence-corrected chi connectivity index (χ0v) is 14.8. The second-order valence-corrected chi connectivity index (χ2v) is 6.81. The number of aldehydes is 1. The molecule has 1 fully saturated rings. The van der Waals surface area contributed by atoms with Gasteiger partial charge in [-0.2, -0.15) is 0 Å². The predicted octanol–water partition coefficient (Wildman–Crippen LogP) is 2.04. The molecule has 1 saturated heterocycles. The van der Waals surface area contributed by atoms with Gasteiger partial charge in [0.25, 0.3) is 0 Å². The van der Waals surface area contributed by atoms with Gasteiger partial charge in [0.2, 0.25) is 5.91 Å². The quantitative estimate of drug-likeness (QED) is 0.660. The van der Waals surface area contributed by atoms with Crippen molar-refractivity contribution in [2.45, 2.75) is 45.8 Å². The van der Waals surface area contributed by atoms with E-state index in [4.69, 9.17) is 9.31 Å². The van der Waals surface area contributed by atoms with Crippen LogP contribution >= 0.6 is 0 Å². The third-order valence-electron chi connectivity index (χ3n) is 4.42. The lowest BCUT2D eigenvalue weighted by atomic mass is 9.77. The van der Waals surface area contributed by atoms with Crippen LogP contribution in [0.5, 0.6) is 0 Å². The molecule has 1 aliphatic rings. The number of aromatic nitrogens is 1. The van der Waals surface area contributed by atoms with E-state index in [1.54, 1.807) is 24.4 Å². The summed E-state index contributed by atoms with van der Waals surface area (Å²) in [5.41, 5.74) is 0.692. The summed E-state index contributed by atoms with van der Waals surface area (Å²) >= 11 is 0. The van der Waals surface area contributed by atoms with E-state index in [1.807, 2.05) is 27.7 Å². The van der Waals surface area contributed by atoms with Crippen molar-refractivity contribution >= 4 is 25.4 Å². The van der Waals surface area contributed by atoms with E-state index < -0.39 is 18.3 Å². The van der Waals surface area contributed by atoms with Crippen LogP contribution in [0.4, 0.5) is 0 Å². The van der Waals surface area contributed by atoms with Gasteiger partial charge in [-0.05, 0) is 51.4 Å². The average Bonchev–Trinajstić information content (AvgIpc) is 2.71. The molecule has 1 amide bonds. The highest BCUT2D eigenvalue weighted by atomic mass is 16.7. The lowest BCUT2D eigenvalue weighted by Crippen LogP contribution is -2.41. The molecule has 24 heavy (non-hydrogen) atoms. The molecule has 0 atom stereocenters. The highest BCUT2D eigenvalue weighted by Gasteiger charge is 2.52. The topological polar surface area (TPSA) is 77.5 Å². The molecule has 0 radical (unpaired) electrons. The van der Waals surface area contributed by atoms with E-state index in [-0.39, 0.29) is 12.5 Å². The standard InChI is InChI=1S/C17H23BN2O4/c1-12(22)20-10-14(9-15-13(11-21)7-6-8-19-15)18-23-16(2,3)17(4,5)24-18/h6-9,11H,10H2,1-5H3,(H,20,22). The van der Waals surface area contributed by atoms with E-state index in [9.17, 15) is 9.59 Å². The number of nitrogens with one attached hydrogen (secondary N) is 1. The van der Waals surface area contributed by atoms with Gasteiger partial charge in [0.05, 0.1) is 16.9 Å². The molecule has 0 aromatic carbocycles. The Morgan fingerprint density at radius 1 is 1.29 bits per heavy atom. The zero-order valence-electron chi connectivity index (χ0n) is 14.8. The Hall–Kier alpha value is -1.99. The van der Waals surface area contributed by atoms with Crippen LogP contribution in [-0.2, 0) is 14.1 Å². The van der Waals surface area contributed by atoms with Crippen molar-refractivity contribution in [3.63, 3.8) is 0 Å². The predicted molar refractivity (Wildman–Crippen MR) is 92.4 cm³/mol. The second-order valence-electron chi connectivity index (χ2n) is 6.81. The minimum Gasteiger partial charge on any atom is -0.400 e. The molecular weight excluding hydrogens is 307 g/mol. The number of carbonyl (C=O) groups excluding carboxylic acids is 2. The zero-order chi connectivity index (χ0) is 18.0. The summed E-state index contributed by atoms with van der Waals surface area (Å²) in [6.07, 6.45) is 4.10. The monoisotopic (exact) mass is 330 g/mol. The first-order valence-corrected chi connectivity index (χ1v) is 7.87. The van der Waals surface area contributed by atoms with Gasteiger partial charge in [0, 0.05) is 25.2 Å². The second kappa shape index (κ2) is 6.87. The van der Waals surface area contributed by atoms with Gasteiger partial charge in [-0.25, -0.2) is 0 Å². The SMILES string of the molecule is CC(=O)NCC(=Cc1ncccc1C=O)B1OC(C)(C)C(C)(C)O1. The van der Waals surface area contributed by atoms with Crippen molar-refractivity contribution in [1.82, 2.24) is 10.3 Å². The Bertz CT molecular complexity index is 654. The van der Waals surface area contributed by atoms with Crippen LogP contribution in [0.25, 0.3) is 6.08 Å². The largest absolute Gasteiger partial charge is 0.492 e. The molecule has 0 saturated carbocycles. The molecule has 0 spiro atoms. The third kappa shape index (κ3) is 3.91. The van der Waals surface area contributed by atoms with Crippen molar-refractivity contribution in [3.8, 4) is 0 Å². The molecule has 2 heterocycles. The summed E-state index contributed by atoms with van der Waals surface area (Å²) in [5.74, 6) is -0.158. The number of rotatable bonds is 5. The van der Waals surface area contributed by atoms with Crippen LogP contribution in [0, 0.1) is 0 Å². The molecule has 7 heteroatoms. The number of nitrogens with zero attached hydrogens (tertiary/aromatic N) is 1. The minimum absolute atomic E-state index is 0.158. The molecule has 1 aromatic heterocycles. The van der Waals surface area contributed by atoms with Gasteiger partial charge in [-0.1, -0.05) is 0 Å². The molecule has 2 rings (SSSR count). The number of hydrogen-bond acceptors (Lipinski definition) is 5. The lowest BCUT2D eigenvalue weighted by Gasteiger charge is -2.32. The number of carbonyl (C=O) groups is 2. The normalized spacial score (nSPS) is 19.2. The lowest BCUT2D eigenvalue weighted by molar-refractivity contribution is -0.118. The van der Waals surface area contributed by atoms with Crippen LogP contribution in [0.1, 0.15) is 50.7 Å². The van der Waals surface area contributed by atoms with Gasteiger partial charge in [0.1, 0.15) is 0 Å². The van der Waals surface area contributed by atoms with E-state index in [0.717, 1.165) is 6.29 Å². The molecule has 1 aromatic rings. The van der Waals surface area contributed by atoms with Gasteiger partial charge in [-0.15, -0.1) is 0 Å². The van der Waals surface area contributed by atoms with Crippen molar-refractivity contribution in [3.05, 3.63) is 35.1 Å². The van der Waals surface area contributed by atoms with E-state index >= 15 is 0 Å². The first-order valence-electron chi connectivity index (χ1n) is 7.87. The molecule has 0 aliphatic carbocycles. The molecular formula is C17H23BN2O4. The molecule has 1 N–H and O–H groups in total. The molecule has 6 nitrogen and oxygen atoms in total. The Kier molecular flexibility index (Phi) is 5.25. The number of amides is 1. The first kappa shape index (κ1) is 18.4. The Labute approximate surface area is 142 Å². The van der Waals surface area contributed by atoms with E-state index in [1.165, 1.54) is 6.92 Å². The van der Waals surface area contributed by atoms with E-state index in [0.29, 0.717) is 16.7 Å². The van der Waals surface area contributed by atoms with Crippen LogP contribution < -0.4 is 5.32 Å². The van der Waals surface area contributed by atoms with Crippen molar-refractivity contribution in [2.24, 2.45) is 0 Å². The maximum absolute atomic E-state index is 11.3. The van der Waals surface area contributed by atoms with Gasteiger partial charge in [-0.3, -0.25) is 14.6 Å². The smallest absolute Gasteiger partial charge is 0.400 e. The van der Waals surface area contributed by atoms with Crippen LogP contribution in [-0.4, -0.2) is 42.0 Å². The summed E-state index contributed by atoms with van der Waals surface area (Å²) in [4.78, 5) is 26.7. The van der Waals surface area contributed by atoms with E-state index in [2.05, 4.69) is 10.3 Å². The maximum atomic E-state index is 11.3. The van der Waals surface area contributed by atoms with Crippen molar-refractivity contribution in [2.75, 3.05) is 6.54 Å². The molecule has 0 unspecified atom stereocenters. The Balaban J connectivity index is 2.37. The molecule has 0 bridgehead atoms. The average molecular weight is 330 g/mol. The third-order valence-corrected chi connectivity index (χ3v) is 4.42. The summed E-state index contributed by atoms with van der Waals surface area (Å²) in [7, 11) is -0.622. The molecule has 1 aliphatic heterocycles. The van der Waals surface area contributed by atoms with Crippen LogP contribution in [0.3, 0.4) is 0 Å². The van der Waals surface area contributed by atoms with Crippen molar-refractivity contribution < 1.29 is 18.9 Å². The highest BCUT2D eigenvalue weighted by molar-refractivity contribution is 6.56. The van der Waals surface area contributed by atoms with Gasteiger partial charge < -0.3 is 14.6 Å². The summed E-state index contributed by atoms with van der Waals surface area (Å²) in [6, 6.07) is 3.38. The minimum atomic E-state index is -0.622. The summed E-state index contributed by atoms with van der Waals surface area (Å²) < 4.78 is 12.1. The molecule has 128 valence electrons. The Morgan fingerprint density at radius 2 is 1.92 bits per heavy atom. The first-order chi connectivity index (χ1) is 11.2. The summed E-state index contributed by atoms with van der Waals surface area (Å²) in [6.45, 7) is 9.53. The van der Waals surface area contributed by atoms with Gasteiger partial charge in [0.15, 0.2) is 6.29 Å². The summed E-state index contributed by atoms with van der Waals surface area (Å²) in [5, 5.41) is 2.75. The van der Waals surface area contributed by atoms with Crippen LogP contribution in [0.15, 0.2) is 23.8 Å². The number of pyridine rings is 1. The Morgan fingerprint density at radius 3 is 2.46 bits per heavy atom. The fourth-order valence-electron chi connectivity index (χ4n) is 2.25. The van der Waals surface area contributed by atoms with Gasteiger partial charge >= 0.3 is 7.12 Å². The number of hydrogen-bond donors (Lipinski definition) is 1. The van der Waals surface area contributed by atoms with Crippen LogP contribution in [0.2, 0.25) is 0 Å².